The predicted molar refractivity (Wildman–Crippen MR) is 67.5 cm³/mol. The number of methoxy groups -OCH3 is 2. The maximum atomic E-state index is 11.3. The van der Waals surface area contributed by atoms with E-state index >= 15 is 0 Å². The zero-order chi connectivity index (χ0) is 13.8. The molecule has 1 heterocycles. The SMILES string of the molecule is COc1ccc(-c2cnc(OC)nc2)c(C(=O)O)c1. The summed E-state index contributed by atoms with van der Waals surface area (Å²) in [4.78, 5) is 19.2. The van der Waals surface area contributed by atoms with Gasteiger partial charge in [-0.2, -0.15) is 0 Å². The molecule has 0 aliphatic carbocycles. The van der Waals surface area contributed by atoms with Crippen LogP contribution in [0.2, 0.25) is 0 Å². The monoisotopic (exact) mass is 260 g/mol. The molecule has 1 aromatic heterocycles. The highest BCUT2D eigenvalue weighted by Crippen LogP contribution is 2.27. The van der Waals surface area contributed by atoms with Gasteiger partial charge >= 0.3 is 12.0 Å². The van der Waals surface area contributed by atoms with Crippen LogP contribution in [-0.4, -0.2) is 35.3 Å². The highest BCUT2D eigenvalue weighted by atomic mass is 16.5. The number of carboxylic acids is 1. The van der Waals surface area contributed by atoms with Crippen LogP contribution in [0, 0.1) is 0 Å². The van der Waals surface area contributed by atoms with E-state index in [4.69, 9.17) is 9.47 Å². The quantitative estimate of drug-likeness (QED) is 0.903. The molecule has 0 fully saturated rings. The van der Waals surface area contributed by atoms with E-state index in [9.17, 15) is 9.90 Å². The number of rotatable bonds is 4. The largest absolute Gasteiger partial charge is 0.497 e. The fourth-order valence-electron chi connectivity index (χ4n) is 1.64. The molecule has 1 N–H and O–H groups in total. The minimum absolute atomic E-state index is 0.133. The van der Waals surface area contributed by atoms with E-state index in [-0.39, 0.29) is 11.6 Å². The lowest BCUT2D eigenvalue weighted by atomic mass is 10.0. The summed E-state index contributed by atoms with van der Waals surface area (Å²) in [6, 6.07) is 5.04. The van der Waals surface area contributed by atoms with Gasteiger partial charge < -0.3 is 14.6 Å². The lowest BCUT2D eigenvalue weighted by Crippen LogP contribution is -2.01. The number of benzene rings is 1. The standard InChI is InChI=1S/C13H12N2O4/c1-18-9-3-4-10(11(5-9)12(16)17)8-6-14-13(19-2)15-7-8/h3-7H,1-2H3,(H,16,17). The predicted octanol–water partition coefficient (Wildman–Crippen LogP) is 1.86. The Bertz CT molecular complexity index is 596. The Labute approximate surface area is 109 Å². The average molecular weight is 260 g/mol. The van der Waals surface area contributed by atoms with Gasteiger partial charge in [-0.3, -0.25) is 0 Å². The van der Waals surface area contributed by atoms with Gasteiger partial charge in [-0.15, -0.1) is 0 Å². The first-order valence-electron chi connectivity index (χ1n) is 5.43. The van der Waals surface area contributed by atoms with Crippen molar-refractivity contribution < 1.29 is 19.4 Å². The van der Waals surface area contributed by atoms with E-state index in [0.717, 1.165) is 0 Å². The molecule has 98 valence electrons. The number of ether oxygens (including phenoxy) is 2. The molecule has 0 atom stereocenters. The first-order valence-corrected chi connectivity index (χ1v) is 5.43. The van der Waals surface area contributed by atoms with Crippen molar-refractivity contribution in [1.82, 2.24) is 9.97 Å². The summed E-state index contributed by atoms with van der Waals surface area (Å²) in [6.45, 7) is 0. The lowest BCUT2D eigenvalue weighted by molar-refractivity contribution is 0.0697. The summed E-state index contributed by atoms with van der Waals surface area (Å²) in [6.07, 6.45) is 3.03. The Hall–Kier alpha value is -2.63. The van der Waals surface area contributed by atoms with Gasteiger partial charge in [0.25, 0.3) is 0 Å². The summed E-state index contributed by atoms with van der Waals surface area (Å²) < 4.78 is 9.88. The van der Waals surface area contributed by atoms with Crippen LogP contribution in [0.15, 0.2) is 30.6 Å². The molecular formula is C13H12N2O4. The number of nitrogens with zero attached hydrogens (tertiary/aromatic N) is 2. The van der Waals surface area contributed by atoms with Crippen LogP contribution in [0.5, 0.6) is 11.8 Å². The van der Waals surface area contributed by atoms with Crippen molar-refractivity contribution in [2.24, 2.45) is 0 Å². The molecule has 6 heteroatoms. The van der Waals surface area contributed by atoms with Crippen molar-refractivity contribution in [3.63, 3.8) is 0 Å². The molecule has 2 aromatic rings. The fourth-order valence-corrected chi connectivity index (χ4v) is 1.64. The van der Waals surface area contributed by atoms with Crippen LogP contribution < -0.4 is 9.47 Å². The summed E-state index contributed by atoms with van der Waals surface area (Å²) in [5.74, 6) is -0.555. The number of carbonyl (C=O) groups is 1. The highest BCUT2D eigenvalue weighted by Gasteiger charge is 2.13. The minimum Gasteiger partial charge on any atom is -0.497 e. The normalized spacial score (nSPS) is 10.0. The van der Waals surface area contributed by atoms with Gasteiger partial charge in [0, 0.05) is 18.0 Å². The summed E-state index contributed by atoms with van der Waals surface area (Å²) >= 11 is 0. The molecule has 0 aliphatic heterocycles. The molecule has 2 rings (SSSR count). The second-order valence-electron chi connectivity index (χ2n) is 3.68. The average Bonchev–Trinajstić information content (AvgIpc) is 2.46. The summed E-state index contributed by atoms with van der Waals surface area (Å²) in [5.41, 5.74) is 1.25. The van der Waals surface area contributed by atoms with Crippen LogP contribution in [-0.2, 0) is 0 Å². The molecule has 0 unspecified atom stereocenters. The minimum atomic E-state index is -1.04. The molecule has 6 nitrogen and oxygen atoms in total. The molecule has 0 saturated carbocycles. The Kier molecular flexibility index (Phi) is 3.61. The Morgan fingerprint density at radius 3 is 2.37 bits per heavy atom. The first-order chi connectivity index (χ1) is 9.15. The van der Waals surface area contributed by atoms with Crippen molar-refractivity contribution in [1.29, 1.82) is 0 Å². The molecule has 0 aliphatic rings. The van der Waals surface area contributed by atoms with Gasteiger partial charge in [-0.05, 0) is 23.8 Å². The van der Waals surface area contributed by atoms with Crippen molar-refractivity contribution in [3.05, 3.63) is 36.2 Å². The lowest BCUT2D eigenvalue weighted by Gasteiger charge is -2.08. The zero-order valence-electron chi connectivity index (χ0n) is 10.5. The highest BCUT2D eigenvalue weighted by molar-refractivity contribution is 5.96. The van der Waals surface area contributed by atoms with Gasteiger partial charge in [0.15, 0.2) is 0 Å². The van der Waals surface area contributed by atoms with Crippen molar-refractivity contribution >= 4 is 5.97 Å². The van der Waals surface area contributed by atoms with Crippen molar-refractivity contribution in [2.75, 3.05) is 14.2 Å². The molecule has 1 aromatic carbocycles. The Morgan fingerprint density at radius 2 is 1.84 bits per heavy atom. The van der Waals surface area contributed by atoms with Crippen molar-refractivity contribution in [3.8, 4) is 22.9 Å². The second-order valence-corrected chi connectivity index (χ2v) is 3.68. The number of aromatic nitrogens is 2. The van der Waals surface area contributed by atoms with E-state index in [2.05, 4.69) is 9.97 Å². The third-order valence-corrected chi connectivity index (χ3v) is 2.58. The molecular weight excluding hydrogens is 248 g/mol. The summed E-state index contributed by atoms with van der Waals surface area (Å²) in [5, 5.41) is 9.23. The van der Waals surface area contributed by atoms with Gasteiger partial charge in [0.05, 0.1) is 19.8 Å². The van der Waals surface area contributed by atoms with E-state index < -0.39 is 5.97 Å². The van der Waals surface area contributed by atoms with Gasteiger partial charge in [-0.1, -0.05) is 0 Å². The van der Waals surface area contributed by atoms with Crippen LogP contribution >= 0.6 is 0 Å². The van der Waals surface area contributed by atoms with Crippen LogP contribution in [0.4, 0.5) is 0 Å². The summed E-state index contributed by atoms with van der Waals surface area (Å²) in [7, 11) is 2.95. The third-order valence-electron chi connectivity index (χ3n) is 2.58. The number of hydrogen-bond acceptors (Lipinski definition) is 5. The Morgan fingerprint density at radius 1 is 1.16 bits per heavy atom. The molecule has 0 saturated heterocycles. The number of hydrogen-bond donors (Lipinski definition) is 1. The van der Waals surface area contributed by atoms with Gasteiger partial charge in [0.2, 0.25) is 0 Å². The first kappa shape index (κ1) is 12.8. The smallest absolute Gasteiger partial charge is 0.336 e. The van der Waals surface area contributed by atoms with Gasteiger partial charge in [-0.25, -0.2) is 14.8 Å². The fraction of sp³-hybridized carbons (Fsp3) is 0.154. The van der Waals surface area contributed by atoms with Crippen LogP contribution in [0.3, 0.4) is 0 Å². The molecule has 0 spiro atoms. The van der Waals surface area contributed by atoms with E-state index in [1.807, 2.05) is 0 Å². The second kappa shape index (κ2) is 5.34. The molecule has 0 radical (unpaired) electrons. The van der Waals surface area contributed by atoms with E-state index in [1.54, 1.807) is 12.1 Å². The Balaban J connectivity index is 2.50. The molecule has 0 bridgehead atoms. The van der Waals surface area contributed by atoms with Crippen molar-refractivity contribution in [2.45, 2.75) is 0 Å². The zero-order valence-corrected chi connectivity index (χ0v) is 10.5. The number of carboxylic acid groups (broad SMARTS) is 1. The van der Waals surface area contributed by atoms with Crippen LogP contribution in [0.1, 0.15) is 10.4 Å². The van der Waals surface area contributed by atoms with Crippen LogP contribution in [0.25, 0.3) is 11.1 Å². The topological polar surface area (TPSA) is 81.5 Å². The maximum Gasteiger partial charge on any atom is 0.336 e. The third kappa shape index (κ3) is 2.62. The molecule has 19 heavy (non-hydrogen) atoms. The van der Waals surface area contributed by atoms with E-state index in [1.165, 1.54) is 32.7 Å². The van der Waals surface area contributed by atoms with Gasteiger partial charge in [0.1, 0.15) is 5.75 Å². The maximum absolute atomic E-state index is 11.3. The number of aromatic carboxylic acids is 1. The van der Waals surface area contributed by atoms with E-state index in [0.29, 0.717) is 16.9 Å². The molecule has 0 amide bonds.